The molecule has 1 aromatic carbocycles. The Labute approximate surface area is 155 Å². The van der Waals surface area contributed by atoms with Gasteiger partial charge in [0.15, 0.2) is 0 Å². The van der Waals surface area contributed by atoms with Crippen molar-refractivity contribution >= 4 is 35.6 Å². The second-order valence-corrected chi connectivity index (χ2v) is 6.54. The van der Waals surface area contributed by atoms with Crippen molar-refractivity contribution in [3.05, 3.63) is 30.1 Å². The first-order valence-corrected chi connectivity index (χ1v) is 8.57. The maximum Gasteiger partial charge on any atom is 0.231 e. The highest BCUT2D eigenvalue weighted by atomic mass is 35.5. The number of halogens is 1. The molecule has 7 heteroatoms. The van der Waals surface area contributed by atoms with Crippen LogP contribution in [0.25, 0.3) is 0 Å². The van der Waals surface area contributed by atoms with E-state index in [9.17, 15) is 4.79 Å². The Bertz CT molecular complexity index is 724. The molecule has 1 aliphatic carbocycles. The van der Waals surface area contributed by atoms with Crippen molar-refractivity contribution in [1.82, 2.24) is 14.8 Å². The fourth-order valence-corrected chi connectivity index (χ4v) is 3.45. The number of anilines is 3. The van der Waals surface area contributed by atoms with Gasteiger partial charge in [-0.05, 0) is 31.0 Å². The highest BCUT2D eigenvalue weighted by molar-refractivity contribution is 5.89. The fourth-order valence-electron chi connectivity index (χ4n) is 3.45. The number of hydrogen-bond acceptors (Lipinski definition) is 4. The molecule has 1 saturated carbocycles. The van der Waals surface area contributed by atoms with Crippen LogP contribution in [-0.2, 0) is 11.8 Å². The molecule has 0 bridgehead atoms. The molecule has 1 heterocycles. The Hall–Kier alpha value is -2.08. The average Bonchev–Trinajstić information content (AvgIpc) is 2.96. The monoisotopic (exact) mass is 363 g/mol. The Kier molecular flexibility index (Phi) is 6.42. The highest BCUT2D eigenvalue weighted by Crippen LogP contribution is 2.33. The molecule has 25 heavy (non-hydrogen) atoms. The Morgan fingerprint density at radius 1 is 1.24 bits per heavy atom. The van der Waals surface area contributed by atoms with Crippen LogP contribution < -0.4 is 10.2 Å². The van der Waals surface area contributed by atoms with Gasteiger partial charge in [-0.3, -0.25) is 9.36 Å². The summed E-state index contributed by atoms with van der Waals surface area (Å²) in [6.07, 6.45) is 6.29. The Balaban J connectivity index is 0.00000225. The summed E-state index contributed by atoms with van der Waals surface area (Å²) in [6.45, 7) is 1.51. The lowest BCUT2D eigenvalue weighted by Gasteiger charge is -2.22. The molecule has 136 valence electrons. The summed E-state index contributed by atoms with van der Waals surface area (Å²) in [6, 6.07) is 7.75. The summed E-state index contributed by atoms with van der Waals surface area (Å²) < 4.78 is 2.10. The van der Waals surface area contributed by atoms with Gasteiger partial charge in [0.1, 0.15) is 5.82 Å². The van der Waals surface area contributed by atoms with Crippen LogP contribution >= 0.6 is 12.4 Å². The van der Waals surface area contributed by atoms with Crippen LogP contribution in [0, 0.1) is 0 Å². The second-order valence-electron chi connectivity index (χ2n) is 6.54. The summed E-state index contributed by atoms with van der Waals surface area (Å²) in [5, 5.41) is 11.7. The third-order valence-electron chi connectivity index (χ3n) is 4.71. The first-order valence-electron chi connectivity index (χ1n) is 8.57. The zero-order valence-electron chi connectivity index (χ0n) is 15.0. The van der Waals surface area contributed by atoms with Crippen molar-refractivity contribution in [2.45, 2.75) is 44.9 Å². The molecule has 0 spiro atoms. The zero-order chi connectivity index (χ0) is 17.1. The van der Waals surface area contributed by atoms with E-state index >= 15 is 0 Å². The zero-order valence-corrected chi connectivity index (χ0v) is 15.8. The first-order chi connectivity index (χ1) is 11.6. The van der Waals surface area contributed by atoms with Crippen LogP contribution in [0.1, 0.15) is 50.8 Å². The molecule has 1 aromatic heterocycles. The van der Waals surface area contributed by atoms with Gasteiger partial charge in [-0.2, -0.15) is 0 Å². The molecule has 1 fully saturated rings. The van der Waals surface area contributed by atoms with Crippen molar-refractivity contribution in [3.8, 4) is 0 Å². The van der Waals surface area contributed by atoms with Crippen LogP contribution in [0.3, 0.4) is 0 Å². The van der Waals surface area contributed by atoms with Gasteiger partial charge >= 0.3 is 0 Å². The molecule has 1 N–H and O–H groups in total. The molecule has 1 aliphatic rings. The number of nitrogens with one attached hydrogen (secondary N) is 1. The summed E-state index contributed by atoms with van der Waals surface area (Å²) >= 11 is 0. The van der Waals surface area contributed by atoms with E-state index < -0.39 is 0 Å². The highest BCUT2D eigenvalue weighted by Gasteiger charge is 2.23. The minimum atomic E-state index is -0.0759. The molecule has 0 saturated heterocycles. The lowest BCUT2D eigenvalue weighted by Crippen LogP contribution is -2.17. The standard InChI is InChI=1S/C18H25N5O.ClH/c1-13(24)19-15-10-7-11-16(12-15)22(2)18-21-20-17(23(18)3)14-8-5-4-6-9-14;/h7,10-12,14H,4-6,8-9H2,1-3H3,(H,19,24);1H. The van der Waals surface area contributed by atoms with E-state index in [1.165, 1.54) is 39.0 Å². The summed E-state index contributed by atoms with van der Waals surface area (Å²) in [5.74, 6) is 2.34. The topological polar surface area (TPSA) is 63.1 Å². The summed E-state index contributed by atoms with van der Waals surface area (Å²) in [7, 11) is 4.01. The van der Waals surface area contributed by atoms with Crippen LogP contribution in [0.4, 0.5) is 17.3 Å². The van der Waals surface area contributed by atoms with Crippen LogP contribution in [-0.4, -0.2) is 27.7 Å². The number of amides is 1. The molecule has 0 aliphatic heterocycles. The smallest absolute Gasteiger partial charge is 0.231 e. The third kappa shape index (κ3) is 4.31. The van der Waals surface area contributed by atoms with Crippen LogP contribution in [0.2, 0.25) is 0 Å². The molecular formula is C18H26ClN5O. The van der Waals surface area contributed by atoms with E-state index in [0.717, 1.165) is 23.1 Å². The predicted molar refractivity (Wildman–Crippen MR) is 103 cm³/mol. The lowest BCUT2D eigenvalue weighted by molar-refractivity contribution is -0.114. The van der Waals surface area contributed by atoms with Gasteiger partial charge in [0, 0.05) is 38.3 Å². The molecule has 6 nitrogen and oxygen atoms in total. The Morgan fingerprint density at radius 2 is 1.96 bits per heavy atom. The maximum atomic E-state index is 11.2. The normalized spacial score (nSPS) is 14.7. The minimum absolute atomic E-state index is 0. The van der Waals surface area contributed by atoms with Gasteiger partial charge in [-0.1, -0.05) is 25.3 Å². The molecule has 3 rings (SSSR count). The van der Waals surface area contributed by atoms with Crippen LogP contribution in [0.15, 0.2) is 24.3 Å². The van der Waals surface area contributed by atoms with Gasteiger partial charge in [-0.25, -0.2) is 0 Å². The largest absolute Gasteiger partial charge is 0.326 e. The van der Waals surface area contributed by atoms with Gasteiger partial charge in [0.2, 0.25) is 11.9 Å². The van der Waals surface area contributed by atoms with E-state index in [-0.39, 0.29) is 18.3 Å². The van der Waals surface area contributed by atoms with E-state index in [0.29, 0.717) is 5.92 Å². The predicted octanol–water partition coefficient (Wildman–Crippen LogP) is 4.01. The summed E-state index contributed by atoms with van der Waals surface area (Å²) in [5.41, 5.74) is 1.74. The summed E-state index contributed by atoms with van der Waals surface area (Å²) in [4.78, 5) is 13.3. The fraction of sp³-hybridized carbons (Fsp3) is 0.500. The average molecular weight is 364 g/mol. The lowest BCUT2D eigenvalue weighted by atomic mass is 9.89. The number of nitrogens with zero attached hydrogens (tertiary/aromatic N) is 4. The van der Waals surface area contributed by atoms with Crippen molar-refractivity contribution < 1.29 is 4.79 Å². The van der Waals surface area contributed by atoms with Gasteiger partial charge in [0.05, 0.1) is 0 Å². The minimum Gasteiger partial charge on any atom is -0.326 e. The van der Waals surface area contributed by atoms with Crippen molar-refractivity contribution in [1.29, 1.82) is 0 Å². The van der Waals surface area contributed by atoms with Crippen molar-refractivity contribution in [2.75, 3.05) is 17.3 Å². The number of rotatable bonds is 4. The number of carbonyl (C=O) groups is 1. The Morgan fingerprint density at radius 3 is 2.64 bits per heavy atom. The molecular weight excluding hydrogens is 338 g/mol. The second kappa shape index (κ2) is 8.34. The number of hydrogen-bond donors (Lipinski definition) is 1. The maximum absolute atomic E-state index is 11.2. The SMILES string of the molecule is CC(=O)Nc1cccc(N(C)c2nnc(C3CCCCC3)n2C)c1.Cl. The molecule has 2 aromatic rings. The quantitative estimate of drug-likeness (QED) is 0.891. The molecule has 0 radical (unpaired) electrons. The molecule has 0 unspecified atom stereocenters. The van der Waals surface area contributed by atoms with E-state index in [2.05, 4.69) is 20.1 Å². The molecule has 0 atom stereocenters. The van der Waals surface area contributed by atoms with E-state index in [1.54, 1.807) is 0 Å². The van der Waals surface area contributed by atoms with Gasteiger partial charge in [0.25, 0.3) is 0 Å². The third-order valence-corrected chi connectivity index (χ3v) is 4.71. The van der Waals surface area contributed by atoms with Crippen LogP contribution in [0.5, 0.6) is 0 Å². The number of aromatic nitrogens is 3. The van der Waals surface area contributed by atoms with Crippen molar-refractivity contribution in [3.63, 3.8) is 0 Å². The van der Waals surface area contributed by atoms with Gasteiger partial charge < -0.3 is 10.2 Å². The number of carbonyl (C=O) groups excluding carboxylic acids is 1. The number of benzene rings is 1. The van der Waals surface area contributed by atoms with Gasteiger partial charge in [-0.15, -0.1) is 22.6 Å². The van der Waals surface area contributed by atoms with E-state index in [4.69, 9.17) is 0 Å². The van der Waals surface area contributed by atoms with Crippen molar-refractivity contribution in [2.24, 2.45) is 7.05 Å². The van der Waals surface area contributed by atoms with E-state index in [1.807, 2.05) is 43.3 Å². The molecule has 1 amide bonds. The first kappa shape index (κ1) is 19.2.